The summed E-state index contributed by atoms with van der Waals surface area (Å²) in [6, 6.07) is 0. The first-order chi connectivity index (χ1) is 13.8. The fraction of sp³-hybridized carbons (Fsp3) is 0.842. The summed E-state index contributed by atoms with van der Waals surface area (Å²) in [5, 5.41) is 0. The molecule has 5 atom stereocenters. The number of carbonyl (C=O) groups excluding carboxylic acids is 1. The average Bonchev–Trinajstić information content (AvgIpc) is 3.25. The van der Waals surface area contributed by atoms with Crippen molar-refractivity contribution in [2.24, 2.45) is 17.3 Å². The van der Waals surface area contributed by atoms with E-state index in [9.17, 15) is 26.4 Å². The number of ether oxygens (including phenoxy) is 3. The molecule has 2 bridgehead atoms. The number of ketones is 1. The second kappa shape index (κ2) is 6.91. The lowest BCUT2D eigenvalue weighted by atomic mass is 9.59. The zero-order valence-corrected chi connectivity index (χ0v) is 17.8. The minimum absolute atomic E-state index is 0.0177. The van der Waals surface area contributed by atoms with Crippen molar-refractivity contribution in [1.29, 1.82) is 0 Å². The van der Waals surface area contributed by atoms with Crippen LogP contribution in [-0.4, -0.2) is 50.9 Å². The smallest absolute Gasteiger partial charge is 0.380 e. The van der Waals surface area contributed by atoms with Crippen LogP contribution in [0.25, 0.3) is 0 Å². The Morgan fingerprint density at radius 3 is 2.57 bits per heavy atom. The predicted octanol–water partition coefficient (Wildman–Crippen LogP) is 3.05. The van der Waals surface area contributed by atoms with Crippen LogP contribution >= 0.6 is 0 Å². The minimum Gasteiger partial charge on any atom is -0.380 e. The van der Waals surface area contributed by atoms with Crippen molar-refractivity contribution >= 4 is 15.9 Å². The Morgan fingerprint density at radius 1 is 1.20 bits per heavy atom. The molecule has 0 amide bonds. The van der Waals surface area contributed by atoms with Gasteiger partial charge in [-0.2, -0.15) is 21.6 Å². The van der Waals surface area contributed by atoms with Gasteiger partial charge in [0.1, 0.15) is 24.3 Å². The van der Waals surface area contributed by atoms with E-state index in [1.54, 1.807) is 20.8 Å². The molecule has 11 heteroatoms. The van der Waals surface area contributed by atoms with Crippen LogP contribution in [0.5, 0.6) is 0 Å². The zero-order valence-electron chi connectivity index (χ0n) is 17.0. The van der Waals surface area contributed by atoms with Crippen molar-refractivity contribution in [3.05, 3.63) is 11.3 Å². The van der Waals surface area contributed by atoms with Crippen LogP contribution < -0.4 is 0 Å². The molecular weight excluding hydrogens is 429 g/mol. The van der Waals surface area contributed by atoms with E-state index in [4.69, 9.17) is 14.2 Å². The third-order valence-corrected chi connectivity index (χ3v) is 8.16. The normalized spacial score (nSPS) is 39.1. The lowest BCUT2D eigenvalue weighted by molar-refractivity contribution is -0.135. The third-order valence-electron chi connectivity index (χ3n) is 7.20. The van der Waals surface area contributed by atoms with Crippen LogP contribution in [0.15, 0.2) is 11.3 Å². The third kappa shape index (κ3) is 3.11. The van der Waals surface area contributed by atoms with E-state index in [2.05, 4.69) is 4.18 Å². The van der Waals surface area contributed by atoms with Gasteiger partial charge in [0.2, 0.25) is 0 Å². The fourth-order valence-electron chi connectivity index (χ4n) is 5.56. The first-order valence-electron chi connectivity index (χ1n) is 9.91. The van der Waals surface area contributed by atoms with E-state index < -0.39 is 38.9 Å². The number of Topliss-reactive ketones (excluding diaryl/α,β-unsaturated/α-hetero) is 1. The van der Waals surface area contributed by atoms with Crippen molar-refractivity contribution in [2.45, 2.75) is 69.8 Å². The van der Waals surface area contributed by atoms with Crippen molar-refractivity contribution in [1.82, 2.24) is 0 Å². The molecule has 2 aliphatic heterocycles. The lowest BCUT2D eigenvalue weighted by Gasteiger charge is -2.51. The molecule has 0 N–H and O–H groups in total. The van der Waals surface area contributed by atoms with E-state index >= 15 is 0 Å². The molecular formula is C19H25F3O7S. The summed E-state index contributed by atoms with van der Waals surface area (Å²) in [4.78, 5) is 12.4. The maximum Gasteiger partial charge on any atom is 0.534 e. The number of fused-ring (bicyclic) bond motifs is 2. The van der Waals surface area contributed by atoms with Gasteiger partial charge in [-0.3, -0.25) is 4.79 Å². The number of hydrogen-bond donors (Lipinski definition) is 0. The molecule has 2 saturated heterocycles. The van der Waals surface area contributed by atoms with Gasteiger partial charge < -0.3 is 18.4 Å². The lowest BCUT2D eigenvalue weighted by Crippen LogP contribution is -2.59. The summed E-state index contributed by atoms with van der Waals surface area (Å²) in [5.41, 5.74) is -7.49. The van der Waals surface area contributed by atoms with Crippen LogP contribution in [0.3, 0.4) is 0 Å². The Balaban J connectivity index is 1.71. The highest BCUT2D eigenvalue weighted by Gasteiger charge is 2.65. The molecule has 2 heterocycles. The zero-order chi connectivity index (χ0) is 22.1. The Morgan fingerprint density at radius 2 is 1.90 bits per heavy atom. The van der Waals surface area contributed by atoms with E-state index in [-0.39, 0.29) is 43.0 Å². The van der Waals surface area contributed by atoms with Gasteiger partial charge in [0.05, 0.1) is 18.1 Å². The SMILES string of the molecule is CC1=C(OS(=O)(=O)C(F)(F)F)C(C)(C)[C@]2(CC1)OCO[C@H]2[C@H]1CC(=O)[C@H]2C[C@@H]1CO2. The molecule has 0 aromatic rings. The first kappa shape index (κ1) is 22.0. The van der Waals surface area contributed by atoms with Crippen molar-refractivity contribution in [3.63, 3.8) is 0 Å². The van der Waals surface area contributed by atoms with Gasteiger partial charge in [-0.1, -0.05) is 0 Å². The number of hydrogen-bond acceptors (Lipinski definition) is 7. The molecule has 0 aromatic heterocycles. The largest absolute Gasteiger partial charge is 0.534 e. The molecule has 3 fully saturated rings. The highest BCUT2D eigenvalue weighted by Crippen LogP contribution is 2.58. The highest BCUT2D eigenvalue weighted by molar-refractivity contribution is 7.87. The van der Waals surface area contributed by atoms with Crippen LogP contribution in [0.2, 0.25) is 0 Å². The summed E-state index contributed by atoms with van der Waals surface area (Å²) in [5.74, 6) is -0.445. The highest BCUT2D eigenvalue weighted by atomic mass is 32.2. The van der Waals surface area contributed by atoms with Gasteiger partial charge in [-0.15, -0.1) is 0 Å². The van der Waals surface area contributed by atoms with Crippen LogP contribution in [0, 0.1) is 17.3 Å². The summed E-state index contributed by atoms with van der Waals surface area (Å²) in [6.07, 6.45) is 0.529. The predicted molar refractivity (Wildman–Crippen MR) is 96.3 cm³/mol. The minimum atomic E-state index is -5.84. The van der Waals surface area contributed by atoms with Gasteiger partial charge in [-0.25, -0.2) is 0 Å². The van der Waals surface area contributed by atoms with Crippen LogP contribution in [0.1, 0.15) is 46.5 Å². The summed E-state index contributed by atoms with van der Waals surface area (Å²) >= 11 is 0. The van der Waals surface area contributed by atoms with Gasteiger partial charge in [0.25, 0.3) is 0 Å². The second-order valence-electron chi connectivity index (χ2n) is 9.11. The van der Waals surface area contributed by atoms with Crippen molar-refractivity contribution in [2.75, 3.05) is 13.4 Å². The van der Waals surface area contributed by atoms with Crippen LogP contribution in [-0.2, 0) is 33.3 Å². The Labute approximate surface area is 173 Å². The summed E-state index contributed by atoms with van der Waals surface area (Å²) in [7, 11) is -5.84. The Kier molecular flexibility index (Phi) is 5.08. The topological polar surface area (TPSA) is 88.1 Å². The molecule has 170 valence electrons. The molecule has 2 aliphatic carbocycles. The number of rotatable bonds is 3. The molecule has 4 rings (SSSR count). The van der Waals surface area contributed by atoms with Gasteiger partial charge in [-0.05, 0) is 51.5 Å². The molecule has 1 saturated carbocycles. The summed E-state index contributed by atoms with van der Waals surface area (Å²) < 4.78 is 84.7. The fourth-order valence-corrected chi connectivity index (χ4v) is 6.23. The standard InChI is InChI=1S/C19H25F3O7S/c1-10-4-5-18(17(2,3)15(10)29-30(24,25)19(20,21)22)16(27-9-28-18)12-7-13(23)14-6-11(12)8-26-14/h11-12,14,16H,4-9H2,1-3H3/t11-,12+,14-,16+,18-/m1/s1. The van der Waals surface area contributed by atoms with E-state index in [1.807, 2.05) is 0 Å². The number of alkyl halides is 3. The van der Waals surface area contributed by atoms with Crippen molar-refractivity contribution < 1.29 is 44.8 Å². The summed E-state index contributed by atoms with van der Waals surface area (Å²) in [6.45, 7) is 5.10. The number of halogens is 3. The maximum atomic E-state index is 13.0. The van der Waals surface area contributed by atoms with E-state index in [0.717, 1.165) is 0 Å². The quantitative estimate of drug-likeness (QED) is 0.478. The van der Waals surface area contributed by atoms with Gasteiger partial charge >= 0.3 is 15.6 Å². The average molecular weight is 454 g/mol. The van der Waals surface area contributed by atoms with E-state index in [1.165, 1.54) is 0 Å². The molecule has 0 aromatic carbocycles. The molecule has 0 unspecified atom stereocenters. The van der Waals surface area contributed by atoms with E-state index in [0.29, 0.717) is 25.0 Å². The molecule has 0 radical (unpaired) electrons. The Bertz CT molecular complexity index is 879. The number of allylic oxidation sites excluding steroid dienone is 1. The van der Waals surface area contributed by atoms with Crippen molar-refractivity contribution in [3.8, 4) is 0 Å². The molecule has 1 spiro atoms. The Hall–Kier alpha value is -1.17. The maximum absolute atomic E-state index is 13.0. The monoisotopic (exact) mass is 454 g/mol. The molecule has 7 nitrogen and oxygen atoms in total. The van der Waals surface area contributed by atoms with Gasteiger partial charge in [0.15, 0.2) is 5.78 Å². The van der Waals surface area contributed by atoms with Gasteiger partial charge in [0, 0.05) is 12.3 Å². The first-order valence-corrected chi connectivity index (χ1v) is 11.3. The molecule has 30 heavy (non-hydrogen) atoms. The second-order valence-corrected chi connectivity index (χ2v) is 10.6. The number of carbonyl (C=O) groups is 1. The van der Waals surface area contributed by atoms with Crippen LogP contribution in [0.4, 0.5) is 13.2 Å². The molecule has 4 aliphatic rings.